The first-order valence-corrected chi connectivity index (χ1v) is 16.9. The van der Waals surface area contributed by atoms with Crippen LogP contribution in [0, 0.1) is 0 Å². The van der Waals surface area contributed by atoms with Gasteiger partial charge in [-0.2, -0.15) is 0 Å². The van der Waals surface area contributed by atoms with Gasteiger partial charge in [0, 0.05) is 34.5 Å². The summed E-state index contributed by atoms with van der Waals surface area (Å²) in [6.45, 7) is 18.7. The molecule has 3 aliphatic heterocycles. The van der Waals surface area contributed by atoms with E-state index in [2.05, 4.69) is 156 Å². The molecule has 5 heteroatoms. The molecule has 3 aliphatic rings. The van der Waals surface area contributed by atoms with Crippen LogP contribution in [0.25, 0.3) is 0 Å². The maximum absolute atomic E-state index is 5.89. The summed E-state index contributed by atoms with van der Waals surface area (Å²) in [4.78, 5) is 4.96. The lowest BCUT2D eigenvalue weighted by Crippen LogP contribution is -2.61. The van der Waals surface area contributed by atoms with Crippen LogP contribution in [-0.2, 0) is 10.8 Å². The smallest absolute Gasteiger partial charge is 0.252 e. The number of benzene rings is 5. The quantitative estimate of drug-likeness (QED) is 0.184. The van der Waals surface area contributed by atoms with Crippen molar-refractivity contribution < 1.29 is 9.47 Å². The first-order valence-electron chi connectivity index (χ1n) is 16.9. The first kappa shape index (κ1) is 29.7. The van der Waals surface area contributed by atoms with E-state index in [-0.39, 0.29) is 24.3 Å². The highest BCUT2D eigenvalue weighted by atomic mass is 16.7. The van der Waals surface area contributed by atoms with Gasteiger partial charge in [0.2, 0.25) is 6.79 Å². The van der Waals surface area contributed by atoms with E-state index in [4.69, 9.17) is 9.47 Å². The lowest BCUT2D eigenvalue weighted by Gasteiger charge is -2.45. The van der Waals surface area contributed by atoms with Crippen LogP contribution in [0.5, 0.6) is 11.5 Å². The number of ether oxygens (including phenoxy) is 2. The second kappa shape index (κ2) is 10.4. The molecule has 0 aliphatic carbocycles. The van der Waals surface area contributed by atoms with Crippen LogP contribution in [0.2, 0.25) is 0 Å². The Bertz CT molecular complexity index is 2030. The van der Waals surface area contributed by atoms with Crippen LogP contribution in [0.15, 0.2) is 97.1 Å². The molecule has 0 amide bonds. The summed E-state index contributed by atoms with van der Waals surface area (Å²) in [7, 11) is 0. The van der Waals surface area contributed by atoms with Crippen LogP contribution in [0.3, 0.4) is 0 Å². The number of anilines is 6. The molecule has 236 valence electrons. The Morgan fingerprint density at radius 3 is 1.85 bits per heavy atom. The van der Waals surface area contributed by atoms with E-state index in [0.717, 1.165) is 17.2 Å². The SMILES string of the molecule is CC(C)c1cc2c3c(c1)N(c1ccc(C(C)(C)C)cc1)c1ccc(C(C)(C)C)cc1B3c1ccccc1N2c1ccc2c(c1)OCO2. The molecule has 0 fully saturated rings. The molecule has 0 saturated heterocycles. The monoisotopic (exact) mass is 618 g/mol. The molecule has 0 radical (unpaired) electrons. The number of hydrogen-bond donors (Lipinski definition) is 0. The standard InChI is InChI=1S/C42H43BN2O2/c1-26(2)27-21-36-40-37(22-27)45(31-18-20-38-39(24-31)47-25-46-38)34-12-10-9-11-32(34)43(40)33-23-29(42(6,7)8)15-19-35(33)44(36)30-16-13-28(14-17-30)41(3,4)5/h9-24,26H,25H2,1-8H3. The fourth-order valence-corrected chi connectivity index (χ4v) is 7.46. The molecule has 3 heterocycles. The molecule has 0 aromatic heterocycles. The normalized spacial score (nSPS) is 14.7. The van der Waals surface area contributed by atoms with Crippen molar-refractivity contribution >= 4 is 57.2 Å². The molecule has 5 aromatic rings. The maximum Gasteiger partial charge on any atom is 0.252 e. The topological polar surface area (TPSA) is 24.9 Å². The number of para-hydroxylation sites is 1. The Labute approximate surface area is 280 Å². The average Bonchev–Trinajstić information content (AvgIpc) is 3.51. The van der Waals surface area contributed by atoms with E-state index in [0.29, 0.717) is 5.92 Å². The van der Waals surface area contributed by atoms with Gasteiger partial charge in [-0.25, -0.2) is 0 Å². The number of rotatable bonds is 3. The predicted molar refractivity (Wildman–Crippen MR) is 198 cm³/mol. The largest absolute Gasteiger partial charge is 0.454 e. The third kappa shape index (κ3) is 4.73. The molecule has 47 heavy (non-hydrogen) atoms. The van der Waals surface area contributed by atoms with Crippen molar-refractivity contribution in [3.8, 4) is 11.5 Å². The minimum Gasteiger partial charge on any atom is -0.454 e. The highest BCUT2D eigenvalue weighted by molar-refractivity contribution is 7.00. The van der Waals surface area contributed by atoms with Crippen molar-refractivity contribution in [2.75, 3.05) is 16.6 Å². The summed E-state index contributed by atoms with van der Waals surface area (Å²) in [6, 6.07) is 36.6. The van der Waals surface area contributed by atoms with Gasteiger partial charge in [0.15, 0.2) is 11.5 Å². The van der Waals surface area contributed by atoms with Gasteiger partial charge in [-0.15, -0.1) is 0 Å². The number of nitrogens with zero attached hydrogens (tertiary/aromatic N) is 2. The van der Waals surface area contributed by atoms with Crippen LogP contribution in [0.1, 0.15) is 78.0 Å². The molecule has 4 nitrogen and oxygen atoms in total. The van der Waals surface area contributed by atoms with Gasteiger partial charge < -0.3 is 19.3 Å². The van der Waals surface area contributed by atoms with E-state index in [1.807, 2.05) is 6.07 Å². The molecular formula is C42H43BN2O2. The molecule has 0 N–H and O–H groups in total. The van der Waals surface area contributed by atoms with Crippen molar-refractivity contribution in [2.24, 2.45) is 0 Å². The van der Waals surface area contributed by atoms with Crippen LogP contribution < -0.4 is 35.7 Å². The van der Waals surface area contributed by atoms with Gasteiger partial charge in [-0.3, -0.25) is 0 Å². The molecule has 0 atom stereocenters. The van der Waals surface area contributed by atoms with Crippen molar-refractivity contribution in [1.29, 1.82) is 0 Å². The molecule has 0 unspecified atom stereocenters. The molecule has 0 spiro atoms. The van der Waals surface area contributed by atoms with Gasteiger partial charge in [0.1, 0.15) is 0 Å². The highest BCUT2D eigenvalue weighted by Crippen LogP contribution is 2.47. The summed E-state index contributed by atoms with van der Waals surface area (Å²) in [5.41, 5.74) is 15.2. The lowest BCUT2D eigenvalue weighted by atomic mass is 9.33. The van der Waals surface area contributed by atoms with Crippen LogP contribution >= 0.6 is 0 Å². The Balaban J connectivity index is 1.45. The Morgan fingerprint density at radius 1 is 0.574 bits per heavy atom. The van der Waals surface area contributed by atoms with Gasteiger partial charge in [0.05, 0.1) is 5.69 Å². The fourth-order valence-electron chi connectivity index (χ4n) is 7.46. The van der Waals surface area contributed by atoms with Crippen LogP contribution in [0.4, 0.5) is 34.1 Å². The first-order chi connectivity index (χ1) is 22.4. The second-order valence-corrected chi connectivity index (χ2v) is 15.6. The summed E-state index contributed by atoms with van der Waals surface area (Å²) < 4.78 is 11.6. The third-order valence-electron chi connectivity index (χ3n) is 10.1. The Morgan fingerprint density at radius 2 is 1.17 bits per heavy atom. The van der Waals surface area contributed by atoms with E-state index in [9.17, 15) is 0 Å². The summed E-state index contributed by atoms with van der Waals surface area (Å²) in [5.74, 6) is 1.93. The van der Waals surface area contributed by atoms with Crippen molar-refractivity contribution in [3.05, 3.63) is 114 Å². The van der Waals surface area contributed by atoms with Gasteiger partial charge in [-0.05, 0) is 98.4 Å². The molecule has 8 rings (SSSR count). The predicted octanol–water partition coefficient (Wildman–Crippen LogP) is 9.22. The summed E-state index contributed by atoms with van der Waals surface area (Å²) in [5, 5.41) is 0. The average molecular weight is 619 g/mol. The molecule has 5 aromatic carbocycles. The minimum absolute atomic E-state index is 0.0194. The van der Waals surface area contributed by atoms with Crippen LogP contribution in [-0.4, -0.2) is 13.5 Å². The minimum atomic E-state index is 0.0194. The summed E-state index contributed by atoms with van der Waals surface area (Å²) >= 11 is 0. The Hall–Kier alpha value is -4.64. The summed E-state index contributed by atoms with van der Waals surface area (Å²) in [6.07, 6.45) is 0. The van der Waals surface area contributed by atoms with Gasteiger partial charge >= 0.3 is 0 Å². The van der Waals surface area contributed by atoms with E-state index < -0.39 is 0 Å². The zero-order chi connectivity index (χ0) is 32.8. The third-order valence-corrected chi connectivity index (χ3v) is 10.1. The fraction of sp³-hybridized carbons (Fsp3) is 0.286. The van der Waals surface area contributed by atoms with E-state index in [1.54, 1.807) is 0 Å². The highest BCUT2D eigenvalue weighted by Gasteiger charge is 2.44. The molecular weight excluding hydrogens is 575 g/mol. The van der Waals surface area contributed by atoms with Crippen molar-refractivity contribution in [2.45, 2.75) is 72.1 Å². The number of fused-ring (bicyclic) bond motifs is 5. The van der Waals surface area contributed by atoms with Crippen molar-refractivity contribution in [3.63, 3.8) is 0 Å². The molecule has 0 saturated carbocycles. The molecule has 0 bridgehead atoms. The zero-order valence-electron chi connectivity index (χ0n) is 28.8. The second-order valence-electron chi connectivity index (χ2n) is 15.6. The maximum atomic E-state index is 5.89. The lowest BCUT2D eigenvalue weighted by molar-refractivity contribution is 0.174. The Kier molecular flexibility index (Phi) is 6.60. The number of hydrogen-bond acceptors (Lipinski definition) is 4. The zero-order valence-corrected chi connectivity index (χ0v) is 28.8. The van der Waals surface area contributed by atoms with E-state index in [1.165, 1.54) is 61.5 Å². The van der Waals surface area contributed by atoms with E-state index >= 15 is 0 Å². The van der Waals surface area contributed by atoms with Crippen molar-refractivity contribution in [1.82, 2.24) is 0 Å². The van der Waals surface area contributed by atoms with Gasteiger partial charge in [-0.1, -0.05) is 97.9 Å². The van der Waals surface area contributed by atoms with Gasteiger partial charge in [0.25, 0.3) is 6.71 Å².